The van der Waals surface area contributed by atoms with Gasteiger partial charge in [-0.25, -0.2) is 4.98 Å². The molecule has 6 nitrogen and oxygen atoms in total. The Labute approximate surface area is 182 Å². The number of unbranched alkanes of at least 4 members (excludes halogenated alkanes) is 1. The molecule has 156 valence electrons. The Hall–Kier alpha value is -3.43. The van der Waals surface area contributed by atoms with Gasteiger partial charge in [0.15, 0.2) is 0 Å². The third kappa shape index (κ3) is 4.10. The molecule has 4 heterocycles. The quantitative estimate of drug-likeness (QED) is 0.484. The number of H-pyrrole nitrogens is 1. The summed E-state index contributed by atoms with van der Waals surface area (Å²) in [6, 6.07) is 14.2. The van der Waals surface area contributed by atoms with Gasteiger partial charge in [0.2, 0.25) is 0 Å². The van der Waals surface area contributed by atoms with E-state index in [4.69, 9.17) is 5.26 Å². The number of pyridine rings is 2. The summed E-state index contributed by atoms with van der Waals surface area (Å²) in [5.41, 5.74) is 4.16. The summed E-state index contributed by atoms with van der Waals surface area (Å²) in [6.07, 6.45) is 9.17. The van der Waals surface area contributed by atoms with Gasteiger partial charge in [0.05, 0.1) is 17.1 Å². The summed E-state index contributed by atoms with van der Waals surface area (Å²) in [5.74, 6) is 1.06. The van der Waals surface area contributed by atoms with E-state index in [9.17, 15) is 0 Å². The molecule has 31 heavy (non-hydrogen) atoms. The second-order valence-corrected chi connectivity index (χ2v) is 8.18. The van der Waals surface area contributed by atoms with Crippen LogP contribution in [0.5, 0.6) is 0 Å². The van der Waals surface area contributed by atoms with Crippen LogP contribution in [-0.4, -0.2) is 52.6 Å². The van der Waals surface area contributed by atoms with Gasteiger partial charge in [0.1, 0.15) is 5.82 Å². The van der Waals surface area contributed by atoms with Crippen LogP contribution in [0.2, 0.25) is 0 Å². The van der Waals surface area contributed by atoms with Crippen LogP contribution in [0.3, 0.4) is 0 Å². The molecule has 0 saturated carbocycles. The predicted octanol–water partition coefficient (Wildman–Crippen LogP) is 4.13. The van der Waals surface area contributed by atoms with E-state index in [2.05, 4.69) is 43.1 Å². The SMILES string of the molecule is N#Cc1ccc2[nH]cc(CCCCN3CCN(c4nccc5ncccc45)CC3)c2c1. The van der Waals surface area contributed by atoms with Crippen molar-refractivity contribution < 1.29 is 0 Å². The molecular formula is C25H26N6. The molecule has 3 aromatic heterocycles. The first-order valence-electron chi connectivity index (χ1n) is 11.0. The van der Waals surface area contributed by atoms with Crippen molar-refractivity contribution in [3.05, 3.63) is 66.1 Å². The van der Waals surface area contributed by atoms with Crippen LogP contribution in [-0.2, 0) is 6.42 Å². The van der Waals surface area contributed by atoms with Gasteiger partial charge in [-0.1, -0.05) is 0 Å². The monoisotopic (exact) mass is 410 g/mol. The number of rotatable bonds is 6. The number of aromatic nitrogens is 3. The number of piperazine rings is 1. The van der Waals surface area contributed by atoms with Crippen molar-refractivity contribution >= 4 is 27.6 Å². The highest BCUT2D eigenvalue weighted by Crippen LogP contribution is 2.24. The summed E-state index contributed by atoms with van der Waals surface area (Å²) in [6.45, 7) is 5.26. The van der Waals surface area contributed by atoms with Crippen molar-refractivity contribution in [2.24, 2.45) is 0 Å². The minimum Gasteiger partial charge on any atom is -0.361 e. The molecule has 5 rings (SSSR count). The zero-order valence-corrected chi connectivity index (χ0v) is 17.6. The summed E-state index contributed by atoms with van der Waals surface area (Å²) in [5, 5.41) is 11.5. The Kier molecular flexibility index (Phi) is 5.51. The van der Waals surface area contributed by atoms with E-state index in [0.717, 1.165) is 73.4 Å². The number of nitrogens with zero attached hydrogens (tertiary/aromatic N) is 5. The zero-order chi connectivity index (χ0) is 21.0. The van der Waals surface area contributed by atoms with Gasteiger partial charge in [-0.15, -0.1) is 0 Å². The fourth-order valence-corrected chi connectivity index (χ4v) is 4.53. The van der Waals surface area contributed by atoms with Crippen LogP contribution in [0.15, 0.2) is 55.0 Å². The lowest BCUT2D eigenvalue weighted by atomic mass is 10.1. The van der Waals surface area contributed by atoms with Gasteiger partial charge in [-0.05, 0) is 67.8 Å². The molecule has 1 saturated heterocycles. The third-order valence-electron chi connectivity index (χ3n) is 6.25. The summed E-state index contributed by atoms with van der Waals surface area (Å²) < 4.78 is 0. The Balaban J connectivity index is 1.12. The maximum atomic E-state index is 9.15. The van der Waals surface area contributed by atoms with Crippen molar-refractivity contribution in [3.8, 4) is 6.07 Å². The Bertz CT molecular complexity index is 1220. The lowest BCUT2D eigenvalue weighted by molar-refractivity contribution is 0.252. The van der Waals surface area contributed by atoms with Gasteiger partial charge in [0.25, 0.3) is 0 Å². The standard InChI is InChI=1S/C25H26N6/c26-17-19-6-7-23-22(16-19)20(18-29-23)4-1-2-11-30-12-14-31(15-13-30)25-21-5-3-9-27-24(21)8-10-28-25/h3,5-10,16,18,29H,1-2,4,11-15H2. The molecule has 1 fully saturated rings. The van der Waals surface area contributed by atoms with E-state index in [1.807, 2.05) is 42.7 Å². The third-order valence-corrected chi connectivity index (χ3v) is 6.25. The van der Waals surface area contributed by atoms with Gasteiger partial charge in [0, 0.05) is 61.1 Å². The van der Waals surface area contributed by atoms with Crippen LogP contribution < -0.4 is 4.90 Å². The Morgan fingerprint density at radius 2 is 1.87 bits per heavy atom. The fraction of sp³-hybridized carbons (Fsp3) is 0.320. The molecule has 0 atom stereocenters. The van der Waals surface area contributed by atoms with E-state index in [1.54, 1.807) is 0 Å². The smallest absolute Gasteiger partial charge is 0.138 e. The average molecular weight is 411 g/mol. The largest absolute Gasteiger partial charge is 0.361 e. The molecule has 0 radical (unpaired) electrons. The van der Waals surface area contributed by atoms with Crippen LogP contribution in [0.1, 0.15) is 24.0 Å². The maximum absolute atomic E-state index is 9.15. The molecule has 6 heteroatoms. The predicted molar refractivity (Wildman–Crippen MR) is 124 cm³/mol. The Morgan fingerprint density at radius 3 is 2.74 bits per heavy atom. The molecule has 0 amide bonds. The van der Waals surface area contributed by atoms with Gasteiger partial charge < -0.3 is 9.88 Å². The molecule has 0 aliphatic carbocycles. The van der Waals surface area contributed by atoms with Crippen LogP contribution in [0.4, 0.5) is 5.82 Å². The van der Waals surface area contributed by atoms with Gasteiger partial charge in [-0.2, -0.15) is 5.26 Å². The van der Waals surface area contributed by atoms with Crippen LogP contribution >= 0.6 is 0 Å². The first-order valence-corrected chi connectivity index (χ1v) is 11.0. The Morgan fingerprint density at radius 1 is 0.968 bits per heavy atom. The highest BCUT2D eigenvalue weighted by Gasteiger charge is 2.19. The number of nitriles is 1. The number of hydrogen-bond donors (Lipinski definition) is 1. The number of aryl methyl sites for hydroxylation is 1. The van der Waals surface area contributed by atoms with E-state index in [1.165, 1.54) is 17.4 Å². The number of fused-ring (bicyclic) bond motifs is 2. The minimum absolute atomic E-state index is 0.725. The second-order valence-electron chi connectivity index (χ2n) is 8.18. The number of anilines is 1. The molecule has 4 aromatic rings. The number of nitrogens with one attached hydrogen (secondary N) is 1. The van der Waals surface area contributed by atoms with E-state index in [-0.39, 0.29) is 0 Å². The molecule has 1 N–H and O–H groups in total. The first kappa shape index (κ1) is 19.5. The van der Waals surface area contributed by atoms with E-state index in [0.29, 0.717) is 0 Å². The normalized spacial score (nSPS) is 14.9. The van der Waals surface area contributed by atoms with Gasteiger partial charge in [-0.3, -0.25) is 9.88 Å². The van der Waals surface area contributed by atoms with E-state index >= 15 is 0 Å². The number of hydrogen-bond acceptors (Lipinski definition) is 5. The molecule has 0 unspecified atom stereocenters. The van der Waals surface area contributed by atoms with Gasteiger partial charge >= 0.3 is 0 Å². The molecule has 1 aliphatic heterocycles. The lowest BCUT2D eigenvalue weighted by Gasteiger charge is -2.35. The second kappa shape index (κ2) is 8.75. The molecule has 1 aromatic carbocycles. The molecule has 0 spiro atoms. The maximum Gasteiger partial charge on any atom is 0.138 e. The average Bonchev–Trinajstić information content (AvgIpc) is 3.24. The molecular weight excluding hydrogens is 384 g/mol. The number of benzene rings is 1. The topological polar surface area (TPSA) is 71.8 Å². The van der Waals surface area contributed by atoms with Crippen LogP contribution in [0, 0.1) is 11.3 Å². The first-order chi connectivity index (χ1) is 15.3. The van der Waals surface area contributed by atoms with Crippen molar-refractivity contribution in [3.63, 3.8) is 0 Å². The lowest BCUT2D eigenvalue weighted by Crippen LogP contribution is -2.47. The highest BCUT2D eigenvalue weighted by atomic mass is 15.3. The highest BCUT2D eigenvalue weighted by molar-refractivity contribution is 5.89. The van der Waals surface area contributed by atoms with Crippen LogP contribution in [0.25, 0.3) is 21.8 Å². The molecule has 0 bridgehead atoms. The minimum atomic E-state index is 0.725. The van der Waals surface area contributed by atoms with E-state index < -0.39 is 0 Å². The zero-order valence-electron chi connectivity index (χ0n) is 17.6. The van der Waals surface area contributed by atoms with Crippen molar-refractivity contribution in [1.82, 2.24) is 19.9 Å². The summed E-state index contributed by atoms with van der Waals surface area (Å²) in [7, 11) is 0. The fourth-order valence-electron chi connectivity index (χ4n) is 4.53. The molecule has 1 aliphatic rings. The number of aromatic amines is 1. The van der Waals surface area contributed by atoms with Crippen molar-refractivity contribution in [1.29, 1.82) is 5.26 Å². The summed E-state index contributed by atoms with van der Waals surface area (Å²) in [4.78, 5) is 17.4. The van der Waals surface area contributed by atoms with Crippen molar-refractivity contribution in [2.45, 2.75) is 19.3 Å². The van der Waals surface area contributed by atoms with Crippen molar-refractivity contribution in [2.75, 3.05) is 37.6 Å². The summed E-state index contributed by atoms with van der Waals surface area (Å²) >= 11 is 0.